The van der Waals surface area contributed by atoms with Crippen molar-refractivity contribution < 1.29 is 4.79 Å². The number of hydrogen-bond acceptors (Lipinski definition) is 2. The van der Waals surface area contributed by atoms with Crippen LogP contribution in [0.15, 0.2) is 12.4 Å². The fraction of sp³-hybridized carbons (Fsp3) is 0.636. The Morgan fingerprint density at radius 3 is 2.67 bits per heavy atom. The van der Waals surface area contributed by atoms with Crippen LogP contribution in [0.3, 0.4) is 0 Å². The highest BCUT2D eigenvalue weighted by molar-refractivity contribution is 5.76. The normalized spacial score (nSPS) is 11.5. The third kappa shape index (κ3) is 4.14. The standard InChI is InChI=1S/C11H19N3O/c1-11(2,3)5-10(15)14(4)8-9-6-12-13-7-9/h6-7H,5,8H2,1-4H3,(H,12,13). The molecular weight excluding hydrogens is 190 g/mol. The molecule has 1 amide bonds. The van der Waals surface area contributed by atoms with Gasteiger partial charge >= 0.3 is 0 Å². The summed E-state index contributed by atoms with van der Waals surface area (Å²) in [4.78, 5) is 13.5. The highest BCUT2D eigenvalue weighted by Crippen LogP contribution is 2.19. The quantitative estimate of drug-likeness (QED) is 0.825. The number of H-pyrrole nitrogens is 1. The first-order chi connectivity index (χ1) is 6.88. The van der Waals surface area contributed by atoms with Crippen LogP contribution in [0.25, 0.3) is 0 Å². The number of amides is 1. The molecule has 0 aliphatic rings. The second kappa shape index (κ2) is 4.47. The monoisotopic (exact) mass is 209 g/mol. The number of aromatic amines is 1. The lowest BCUT2D eigenvalue weighted by Crippen LogP contribution is -2.29. The van der Waals surface area contributed by atoms with Gasteiger partial charge in [-0.25, -0.2) is 0 Å². The molecule has 0 aliphatic carbocycles. The highest BCUT2D eigenvalue weighted by Gasteiger charge is 2.18. The molecule has 4 nitrogen and oxygen atoms in total. The molecule has 0 radical (unpaired) electrons. The van der Waals surface area contributed by atoms with Crippen LogP contribution in [0.5, 0.6) is 0 Å². The third-order valence-electron chi connectivity index (χ3n) is 2.08. The van der Waals surface area contributed by atoms with Gasteiger partial charge in [0, 0.05) is 31.8 Å². The largest absolute Gasteiger partial charge is 0.341 e. The molecule has 0 saturated carbocycles. The summed E-state index contributed by atoms with van der Waals surface area (Å²) in [6.45, 7) is 6.81. The van der Waals surface area contributed by atoms with E-state index in [4.69, 9.17) is 0 Å². The zero-order valence-electron chi connectivity index (χ0n) is 9.87. The summed E-state index contributed by atoms with van der Waals surface area (Å²) in [7, 11) is 1.82. The Hall–Kier alpha value is -1.32. The molecule has 1 aromatic rings. The minimum atomic E-state index is 0.0434. The summed E-state index contributed by atoms with van der Waals surface area (Å²) in [6, 6.07) is 0. The Balaban J connectivity index is 2.47. The molecule has 84 valence electrons. The number of nitrogens with zero attached hydrogens (tertiary/aromatic N) is 2. The Morgan fingerprint density at radius 1 is 1.53 bits per heavy atom. The predicted octanol–water partition coefficient (Wildman–Crippen LogP) is 1.80. The molecule has 15 heavy (non-hydrogen) atoms. The Bertz CT molecular complexity index is 311. The van der Waals surface area contributed by atoms with Gasteiger partial charge in [-0.15, -0.1) is 0 Å². The molecule has 0 fully saturated rings. The van der Waals surface area contributed by atoms with E-state index < -0.39 is 0 Å². The van der Waals surface area contributed by atoms with E-state index >= 15 is 0 Å². The van der Waals surface area contributed by atoms with Gasteiger partial charge in [-0.1, -0.05) is 20.8 Å². The zero-order valence-corrected chi connectivity index (χ0v) is 9.87. The summed E-state index contributed by atoms with van der Waals surface area (Å²) >= 11 is 0. The van der Waals surface area contributed by atoms with Crippen LogP contribution in [0.2, 0.25) is 0 Å². The molecule has 1 rings (SSSR count). The molecule has 1 N–H and O–H groups in total. The van der Waals surface area contributed by atoms with Crippen molar-refractivity contribution >= 4 is 5.91 Å². The lowest BCUT2D eigenvalue weighted by atomic mass is 9.91. The SMILES string of the molecule is CN(Cc1cn[nH]c1)C(=O)CC(C)(C)C. The van der Waals surface area contributed by atoms with Crippen LogP contribution >= 0.6 is 0 Å². The minimum absolute atomic E-state index is 0.0434. The molecule has 1 heterocycles. The second-order valence-electron chi connectivity index (χ2n) is 5.09. The maximum atomic E-state index is 11.8. The molecule has 0 aromatic carbocycles. The van der Waals surface area contributed by atoms with Gasteiger partial charge in [0.15, 0.2) is 0 Å². The van der Waals surface area contributed by atoms with E-state index in [0.717, 1.165) is 5.56 Å². The van der Waals surface area contributed by atoms with Crippen molar-refractivity contribution in [2.75, 3.05) is 7.05 Å². The number of nitrogens with one attached hydrogen (secondary N) is 1. The van der Waals surface area contributed by atoms with Gasteiger partial charge in [0.25, 0.3) is 0 Å². The van der Waals surface area contributed by atoms with Gasteiger partial charge in [-0.2, -0.15) is 5.10 Å². The van der Waals surface area contributed by atoms with Gasteiger partial charge in [0.1, 0.15) is 0 Å². The first-order valence-corrected chi connectivity index (χ1v) is 5.10. The van der Waals surface area contributed by atoms with Crippen molar-refractivity contribution in [3.05, 3.63) is 18.0 Å². The van der Waals surface area contributed by atoms with Crippen molar-refractivity contribution in [3.8, 4) is 0 Å². The predicted molar refractivity (Wildman–Crippen MR) is 59.1 cm³/mol. The van der Waals surface area contributed by atoms with E-state index in [-0.39, 0.29) is 11.3 Å². The zero-order chi connectivity index (χ0) is 11.5. The molecule has 0 spiro atoms. The van der Waals surface area contributed by atoms with Crippen molar-refractivity contribution in [2.24, 2.45) is 5.41 Å². The Morgan fingerprint density at radius 2 is 2.20 bits per heavy atom. The van der Waals surface area contributed by atoms with E-state index in [0.29, 0.717) is 13.0 Å². The van der Waals surface area contributed by atoms with Crippen LogP contribution in [0, 0.1) is 5.41 Å². The van der Waals surface area contributed by atoms with Gasteiger partial charge in [-0.05, 0) is 5.41 Å². The van der Waals surface area contributed by atoms with Crippen molar-refractivity contribution in [3.63, 3.8) is 0 Å². The maximum absolute atomic E-state index is 11.8. The lowest BCUT2D eigenvalue weighted by Gasteiger charge is -2.22. The van der Waals surface area contributed by atoms with E-state index in [2.05, 4.69) is 31.0 Å². The summed E-state index contributed by atoms with van der Waals surface area (Å²) in [5.74, 6) is 0.170. The summed E-state index contributed by atoms with van der Waals surface area (Å²) < 4.78 is 0. The van der Waals surface area contributed by atoms with E-state index in [1.807, 2.05) is 7.05 Å². The van der Waals surface area contributed by atoms with Crippen LogP contribution in [0.4, 0.5) is 0 Å². The first kappa shape index (κ1) is 11.8. The van der Waals surface area contributed by atoms with Crippen molar-refractivity contribution in [2.45, 2.75) is 33.7 Å². The Labute approximate surface area is 90.7 Å². The maximum Gasteiger partial charge on any atom is 0.223 e. The molecule has 0 unspecified atom stereocenters. The van der Waals surface area contributed by atoms with Gasteiger partial charge in [0.05, 0.1) is 6.20 Å². The Kier molecular flexibility index (Phi) is 3.50. The fourth-order valence-corrected chi connectivity index (χ4v) is 1.31. The van der Waals surface area contributed by atoms with Gasteiger partial charge in [-0.3, -0.25) is 9.89 Å². The van der Waals surface area contributed by atoms with Crippen molar-refractivity contribution in [1.29, 1.82) is 0 Å². The fourth-order valence-electron chi connectivity index (χ4n) is 1.31. The molecule has 4 heteroatoms. The van der Waals surface area contributed by atoms with Crippen molar-refractivity contribution in [1.82, 2.24) is 15.1 Å². The summed E-state index contributed by atoms with van der Waals surface area (Å²) in [6.07, 6.45) is 4.11. The topological polar surface area (TPSA) is 49.0 Å². The number of hydrogen-bond donors (Lipinski definition) is 1. The molecule has 1 aromatic heterocycles. The minimum Gasteiger partial charge on any atom is -0.341 e. The summed E-state index contributed by atoms with van der Waals surface area (Å²) in [5, 5.41) is 6.58. The number of rotatable bonds is 3. The average molecular weight is 209 g/mol. The second-order valence-corrected chi connectivity index (χ2v) is 5.09. The smallest absolute Gasteiger partial charge is 0.223 e. The van der Waals surface area contributed by atoms with E-state index in [9.17, 15) is 4.79 Å². The van der Waals surface area contributed by atoms with Gasteiger partial charge in [0.2, 0.25) is 5.91 Å². The molecule has 0 bridgehead atoms. The van der Waals surface area contributed by atoms with Crippen LogP contribution in [0.1, 0.15) is 32.8 Å². The number of aromatic nitrogens is 2. The molecule has 0 saturated heterocycles. The van der Waals surface area contributed by atoms with Crippen LogP contribution in [-0.4, -0.2) is 28.1 Å². The number of carbonyl (C=O) groups is 1. The van der Waals surface area contributed by atoms with Gasteiger partial charge < -0.3 is 4.90 Å². The van der Waals surface area contributed by atoms with Crippen LogP contribution < -0.4 is 0 Å². The lowest BCUT2D eigenvalue weighted by molar-refractivity contribution is -0.132. The molecule has 0 aliphatic heterocycles. The van der Waals surface area contributed by atoms with E-state index in [1.54, 1.807) is 17.3 Å². The first-order valence-electron chi connectivity index (χ1n) is 5.10. The summed E-state index contributed by atoms with van der Waals surface area (Å²) in [5.41, 5.74) is 1.07. The third-order valence-corrected chi connectivity index (χ3v) is 2.08. The number of carbonyl (C=O) groups excluding carboxylic acids is 1. The van der Waals surface area contributed by atoms with Crippen LogP contribution in [-0.2, 0) is 11.3 Å². The average Bonchev–Trinajstić information content (AvgIpc) is 2.53. The molecule has 0 atom stereocenters. The molecular formula is C11H19N3O. The van der Waals surface area contributed by atoms with E-state index in [1.165, 1.54) is 0 Å². The highest BCUT2D eigenvalue weighted by atomic mass is 16.2.